The van der Waals surface area contributed by atoms with E-state index in [1.807, 2.05) is 6.92 Å². The van der Waals surface area contributed by atoms with Crippen molar-refractivity contribution in [2.24, 2.45) is 0 Å². The first-order valence-corrected chi connectivity index (χ1v) is 12.3. The van der Waals surface area contributed by atoms with Gasteiger partial charge in [-0.15, -0.1) is 0 Å². The van der Waals surface area contributed by atoms with E-state index in [1.165, 1.54) is 26.2 Å². The van der Waals surface area contributed by atoms with Gasteiger partial charge in [0.1, 0.15) is 5.75 Å². The number of carbonyl (C=O) groups is 2. The van der Waals surface area contributed by atoms with Crippen LogP contribution in [0.5, 0.6) is 5.75 Å². The number of fused-ring (bicyclic) bond motifs is 1. The molecule has 0 radical (unpaired) electrons. The molecule has 0 aromatic heterocycles. The number of ether oxygens (including phenoxy) is 1. The Hall–Kier alpha value is -2.10. The van der Waals surface area contributed by atoms with Crippen LogP contribution in [0.2, 0.25) is 5.02 Å². The fraction of sp³-hybridized carbons (Fsp3) is 0.333. The summed E-state index contributed by atoms with van der Waals surface area (Å²) in [5.74, 6) is -0.511. The van der Waals surface area contributed by atoms with E-state index in [-0.39, 0.29) is 29.0 Å². The third kappa shape index (κ3) is 5.05. The van der Waals surface area contributed by atoms with Crippen LogP contribution in [0.1, 0.15) is 25.8 Å². The van der Waals surface area contributed by atoms with Crippen LogP contribution in [-0.4, -0.2) is 39.1 Å². The standard InChI is InChI=1S/C21H22BrClN2O5S/c1-12-8-14-9-16(22)20(11-18(14)25(12)13(2)26)31(28,29)7-6-21(27)24-15-4-5-19(30-3)17(23)10-15/h4-5,9-12H,6-8H2,1-3H3,(H,24,27)/t12-/m1/s1. The van der Waals surface area contributed by atoms with Crippen LogP contribution in [0.4, 0.5) is 11.4 Å². The molecule has 0 bridgehead atoms. The first-order chi connectivity index (χ1) is 14.5. The summed E-state index contributed by atoms with van der Waals surface area (Å²) in [4.78, 5) is 26.0. The van der Waals surface area contributed by atoms with Gasteiger partial charge in [0.25, 0.3) is 0 Å². The first-order valence-electron chi connectivity index (χ1n) is 9.52. The maximum Gasteiger partial charge on any atom is 0.225 e. The fourth-order valence-corrected chi connectivity index (χ4v) is 6.35. The molecule has 0 aliphatic carbocycles. The maximum atomic E-state index is 13.0. The number of nitrogens with one attached hydrogen (secondary N) is 1. The topological polar surface area (TPSA) is 92.8 Å². The minimum Gasteiger partial charge on any atom is -0.495 e. The van der Waals surface area contributed by atoms with Gasteiger partial charge in [-0.3, -0.25) is 9.59 Å². The van der Waals surface area contributed by atoms with Gasteiger partial charge in [-0.2, -0.15) is 0 Å². The van der Waals surface area contributed by atoms with Crippen molar-refractivity contribution in [3.8, 4) is 5.75 Å². The summed E-state index contributed by atoms with van der Waals surface area (Å²) in [6.07, 6.45) is 0.420. The number of rotatable bonds is 6. The molecule has 0 unspecified atom stereocenters. The second-order valence-electron chi connectivity index (χ2n) is 7.32. The second kappa shape index (κ2) is 9.18. The molecule has 1 heterocycles. The number of anilines is 2. The summed E-state index contributed by atoms with van der Waals surface area (Å²) in [6.45, 7) is 3.37. The van der Waals surface area contributed by atoms with Crippen molar-refractivity contribution < 1.29 is 22.7 Å². The number of halogens is 2. The monoisotopic (exact) mass is 528 g/mol. The van der Waals surface area contributed by atoms with E-state index in [4.69, 9.17) is 16.3 Å². The van der Waals surface area contributed by atoms with E-state index >= 15 is 0 Å². The molecule has 10 heteroatoms. The van der Waals surface area contributed by atoms with E-state index in [2.05, 4.69) is 21.2 Å². The highest BCUT2D eigenvalue weighted by atomic mass is 79.9. The van der Waals surface area contributed by atoms with E-state index in [1.54, 1.807) is 23.1 Å². The molecule has 7 nitrogen and oxygen atoms in total. The summed E-state index contributed by atoms with van der Waals surface area (Å²) >= 11 is 9.38. The molecule has 0 saturated carbocycles. The Bertz CT molecular complexity index is 1150. The minimum absolute atomic E-state index is 0.0422. The van der Waals surface area contributed by atoms with Gasteiger partial charge < -0.3 is 15.0 Å². The predicted molar refractivity (Wildman–Crippen MR) is 124 cm³/mol. The van der Waals surface area contributed by atoms with Crippen LogP contribution in [0.3, 0.4) is 0 Å². The van der Waals surface area contributed by atoms with E-state index in [9.17, 15) is 18.0 Å². The molecule has 3 rings (SSSR count). The van der Waals surface area contributed by atoms with Crippen molar-refractivity contribution in [2.45, 2.75) is 37.6 Å². The molecule has 2 aromatic rings. The third-order valence-corrected chi connectivity index (χ3v) is 8.02. The molecule has 1 aliphatic rings. The number of hydrogen-bond acceptors (Lipinski definition) is 5. The van der Waals surface area contributed by atoms with Gasteiger partial charge in [0.05, 0.1) is 22.8 Å². The van der Waals surface area contributed by atoms with Gasteiger partial charge in [-0.25, -0.2) is 8.42 Å². The Kier molecular flexibility index (Phi) is 6.98. The molecule has 2 aromatic carbocycles. The van der Waals surface area contributed by atoms with Gasteiger partial charge in [0.2, 0.25) is 11.8 Å². The van der Waals surface area contributed by atoms with Crippen molar-refractivity contribution in [1.29, 1.82) is 0 Å². The van der Waals surface area contributed by atoms with Crippen LogP contribution >= 0.6 is 27.5 Å². The van der Waals surface area contributed by atoms with Crippen molar-refractivity contribution in [3.05, 3.63) is 45.4 Å². The van der Waals surface area contributed by atoms with Gasteiger partial charge in [0.15, 0.2) is 9.84 Å². The average Bonchev–Trinajstić information content (AvgIpc) is 3.00. The molecule has 166 valence electrons. The normalized spacial score (nSPS) is 15.5. The third-order valence-electron chi connectivity index (χ3n) is 5.06. The molecule has 0 fully saturated rings. The summed E-state index contributed by atoms with van der Waals surface area (Å²) in [7, 11) is -2.29. The number of nitrogens with zero attached hydrogens (tertiary/aromatic N) is 1. The zero-order chi connectivity index (χ0) is 22.9. The number of methoxy groups -OCH3 is 1. The van der Waals surface area contributed by atoms with Crippen LogP contribution < -0.4 is 15.0 Å². The van der Waals surface area contributed by atoms with E-state index in [0.717, 1.165) is 5.56 Å². The summed E-state index contributed by atoms with van der Waals surface area (Å²) < 4.78 is 31.4. The Morgan fingerprint density at radius 2 is 2.00 bits per heavy atom. The van der Waals surface area contributed by atoms with Crippen molar-refractivity contribution in [1.82, 2.24) is 0 Å². The maximum absolute atomic E-state index is 13.0. The Labute approximate surface area is 194 Å². The molecule has 0 saturated heterocycles. The Balaban J connectivity index is 1.75. The molecule has 1 atom stereocenters. The molecule has 1 N–H and O–H groups in total. The van der Waals surface area contributed by atoms with E-state index in [0.29, 0.717) is 33.0 Å². The molecular formula is C21H22BrClN2O5S. The fourth-order valence-electron chi connectivity index (χ4n) is 3.64. The summed E-state index contributed by atoms with van der Waals surface area (Å²) in [5.41, 5.74) is 1.94. The van der Waals surface area contributed by atoms with Crippen molar-refractivity contribution in [2.75, 3.05) is 23.1 Å². The molecule has 2 amide bonds. The minimum atomic E-state index is -3.78. The van der Waals surface area contributed by atoms with Gasteiger partial charge >= 0.3 is 0 Å². The molecule has 0 spiro atoms. The first kappa shape index (κ1) is 23.6. The number of hydrogen-bond donors (Lipinski definition) is 1. The SMILES string of the molecule is COc1ccc(NC(=O)CCS(=O)(=O)c2cc3c(cc2Br)C[C@@H](C)N3C(C)=O)cc1Cl. The number of benzene rings is 2. The highest BCUT2D eigenvalue weighted by Crippen LogP contribution is 2.38. The zero-order valence-electron chi connectivity index (χ0n) is 17.2. The van der Waals surface area contributed by atoms with Crippen LogP contribution in [-0.2, 0) is 25.8 Å². The lowest BCUT2D eigenvalue weighted by atomic mass is 10.1. The number of sulfone groups is 1. The van der Waals surface area contributed by atoms with Crippen molar-refractivity contribution in [3.63, 3.8) is 0 Å². The predicted octanol–water partition coefficient (Wildman–Crippen LogP) is 4.21. The summed E-state index contributed by atoms with van der Waals surface area (Å²) in [6, 6.07) is 7.96. The van der Waals surface area contributed by atoms with Gasteiger partial charge in [-0.1, -0.05) is 11.6 Å². The molecule has 1 aliphatic heterocycles. The Morgan fingerprint density at radius 3 is 2.61 bits per heavy atom. The lowest BCUT2D eigenvalue weighted by Gasteiger charge is -2.21. The summed E-state index contributed by atoms with van der Waals surface area (Å²) in [5, 5.41) is 2.97. The zero-order valence-corrected chi connectivity index (χ0v) is 20.4. The average molecular weight is 530 g/mol. The quantitative estimate of drug-likeness (QED) is 0.605. The smallest absolute Gasteiger partial charge is 0.225 e. The highest BCUT2D eigenvalue weighted by Gasteiger charge is 2.32. The van der Waals surface area contributed by atoms with Crippen LogP contribution in [0.15, 0.2) is 39.7 Å². The van der Waals surface area contributed by atoms with Gasteiger partial charge in [0, 0.05) is 35.2 Å². The van der Waals surface area contributed by atoms with Crippen LogP contribution in [0.25, 0.3) is 0 Å². The highest BCUT2D eigenvalue weighted by molar-refractivity contribution is 9.10. The number of amides is 2. The largest absolute Gasteiger partial charge is 0.495 e. The van der Waals surface area contributed by atoms with Gasteiger partial charge in [-0.05, 0) is 65.2 Å². The van der Waals surface area contributed by atoms with E-state index < -0.39 is 15.7 Å². The molecular weight excluding hydrogens is 508 g/mol. The Morgan fingerprint density at radius 1 is 1.29 bits per heavy atom. The lowest BCUT2D eigenvalue weighted by molar-refractivity contribution is -0.117. The molecule has 31 heavy (non-hydrogen) atoms. The lowest BCUT2D eigenvalue weighted by Crippen LogP contribution is -2.33. The second-order valence-corrected chi connectivity index (χ2v) is 10.7. The van der Waals surface area contributed by atoms with Crippen molar-refractivity contribution >= 4 is 60.6 Å². The van der Waals surface area contributed by atoms with Crippen LogP contribution in [0, 0.1) is 0 Å². The number of carbonyl (C=O) groups excluding carboxylic acids is 2.